The summed E-state index contributed by atoms with van der Waals surface area (Å²) in [5.41, 5.74) is 0.879. The van der Waals surface area contributed by atoms with Crippen LogP contribution in [0.2, 0.25) is 0 Å². The van der Waals surface area contributed by atoms with Crippen molar-refractivity contribution in [3.8, 4) is 0 Å². The second-order valence-electron chi connectivity index (χ2n) is 6.42. The molecule has 0 bridgehead atoms. The molecule has 0 spiro atoms. The monoisotopic (exact) mass is 403 g/mol. The van der Waals surface area contributed by atoms with E-state index in [0.29, 0.717) is 11.1 Å². The number of methoxy groups -OCH3 is 2. The molecule has 148 valence electrons. The molecule has 0 aliphatic carbocycles. The van der Waals surface area contributed by atoms with E-state index in [1.165, 1.54) is 14.2 Å². The van der Waals surface area contributed by atoms with Crippen LogP contribution in [0.4, 0.5) is 0 Å². The van der Waals surface area contributed by atoms with Crippen LogP contribution < -0.4 is 5.32 Å². The highest BCUT2D eigenvalue weighted by molar-refractivity contribution is 7.92. The molecule has 2 aromatic carbocycles. The van der Waals surface area contributed by atoms with E-state index in [-0.39, 0.29) is 0 Å². The van der Waals surface area contributed by atoms with Crippen LogP contribution in [0, 0.1) is 0 Å². The van der Waals surface area contributed by atoms with Crippen LogP contribution >= 0.6 is 0 Å². The normalized spacial score (nSPS) is 26.2. The van der Waals surface area contributed by atoms with Crippen molar-refractivity contribution in [2.75, 3.05) is 14.2 Å². The number of nitrogens with one attached hydrogen (secondary N) is 1. The third kappa shape index (κ3) is 3.53. The molecule has 8 heteroatoms. The maximum atomic E-state index is 13.7. The summed E-state index contributed by atoms with van der Waals surface area (Å²) in [7, 11) is -1.69. The summed E-state index contributed by atoms with van der Waals surface area (Å²) < 4.78 is 37.1. The van der Waals surface area contributed by atoms with Crippen LogP contribution in [0.25, 0.3) is 0 Å². The molecule has 0 saturated carbocycles. The zero-order valence-corrected chi connectivity index (χ0v) is 16.3. The van der Waals surface area contributed by atoms with Crippen LogP contribution in [0.3, 0.4) is 0 Å². The summed E-state index contributed by atoms with van der Waals surface area (Å²) in [6.07, 6.45) is 0. The first-order valence-corrected chi connectivity index (χ1v) is 10.3. The molecule has 1 aliphatic heterocycles. The Morgan fingerprint density at radius 2 is 1.11 bits per heavy atom. The minimum absolute atomic E-state index is 0.439. The number of benzene rings is 2. The second kappa shape index (κ2) is 8.12. The van der Waals surface area contributed by atoms with Crippen molar-refractivity contribution in [2.24, 2.45) is 0 Å². The smallest absolute Gasteiger partial charge is 0.324 e. The van der Waals surface area contributed by atoms with Gasteiger partial charge in [-0.3, -0.25) is 14.9 Å². The predicted molar refractivity (Wildman–Crippen MR) is 102 cm³/mol. The maximum absolute atomic E-state index is 13.7. The van der Waals surface area contributed by atoms with E-state index in [0.717, 1.165) is 0 Å². The van der Waals surface area contributed by atoms with Gasteiger partial charge >= 0.3 is 11.9 Å². The highest BCUT2D eigenvalue weighted by Gasteiger charge is 2.55. The zero-order valence-electron chi connectivity index (χ0n) is 15.4. The van der Waals surface area contributed by atoms with Gasteiger partial charge in [0.2, 0.25) is 0 Å². The zero-order chi connectivity index (χ0) is 20.3. The number of hydrogen-bond acceptors (Lipinski definition) is 7. The van der Waals surface area contributed by atoms with Gasteiger partial charge in [0, 0.05) is 0 Å². The van der Waals surface area contributed by atoms with Crippen molar-refractivity contribution in [1.82, 2.24) is 5.32 Å². The third-order valence-electron chi connectivity index (χ3n) is 4.84. The first-order chi connectivity index (χ1) is 13.4. The van der Waals surface area contributed by atoms with Crippen molar-refractivity contribution < 1.29 is 27.5 Å². The molecular formula is C20H21NO6S. The quantitative estimate of drug-likeness (QED) is 0.774. The predicted octanol–water partition coefficient (Wildman–Crippen LogP) is 1.57. The van der Waals surface area contributed by atoms with E-state index >= 15 is 0 Å². The molecule has 28 heavy (non-hydrogen) atoms. The van der Waals surface area contributed by atoms with Crippen molar-refractivity contribution in [3.05, 3.63) is 71.8 Å². The molecule has 1 fully saturated rings. The van der Waals surface area contributed by atoms with Crippen LogP contribution in [-0.2, 0) is 28.9 Å². The SMILES string of the molecule is COC(=O)[C@H]1N[C@@H](C(=O)OC)[C@H](c2ccccc2)S(=O)(=O)[C@H]1c1ccccc1. The standard InChI is InChI=1S/C20H21NO6S/c1-26-19(22)15-17(13-9-5-3-6-10-13)28(24,25)18(14-11-7-4-8-12-14)16(21-15)20(23)27-2/h3-12,15-18,21H,1-2H3/t15-,16+,17-,18-/m0/s1. The maximum Gasteiger partial charge on any atom is 0.324 e. The minimum atomic E-state index is -4.04. The van der Waals surface area contributed by atoms with E-state index < -0.39 is 44.4 Å². The van der Waals surface area contributed by atoms with Crippen molar-refractivity contribution >= 4 is 21.8 Å². The van der Waals surface area contributed by atoms with Gasteiger partial charge in [0.05, 0.1) is 14.2 Å². The van der Waals surface area contributed by atoms with Gasteiger partial charge in [0.15, 0.2) is 9.84 Å². The lowest BCUT2D eigenvalue weighted by Gasteiger charge is -2.40. The summed E-state index contributed by atoms with van der Waals surface area (Å²) in [4.78, 5) is 24.9. The number of esters is 2. The van der Waals surface area contributed by atoms with E-state index in [9.17, 15) is 18.0 Å². The van der Waals surface area contributed by atoms with Gasteiger partial charge in [-0.2, -0.15) is 0 Å². The summed E-state index contributed by atoms with van der Waals surface area (Å²) in [6, 6.07) is 14.4. The molecule has 2 aromatic rings. The minimum Gasteiger partial charge on any atom is -0.468 e. The molecule has 1 N–H and O–H groups in total. The van der Waals surface area contributed by atoms with Crippen LogP contribution in [0.15, 0.2) is 60.7 Å². The lowest BCUT2D eigenvalue weighted by molar-refractivity contribution is -0.147. The van der Waals surface area contributed by atoms with Crippen LogP contribution in [-0.4, -0.2) is 46.7 Å². The summed E-state index contributed by atoms with van der Waals surface area (Å²) in [6.45, 7) is 0. The number of hydrogen-bond donors (Lipinski definition) is 1. The molecule has 0 unspecified atom stereocenters. The molecule has 0 aromatic heterocycles. The average Bonchev–Trinajstić information content (AvgIpc) is 2.72. The fraction of sp³-hybridized carbons (Fsp3) is 0.300. The van der Waals surface area contributed by atoms with Gasteiger partial charge in [-0.1, -0.05) is 60.7 Å². The number of carbonyl (C=O) groups excluding carboxylic acids is 2. The molecule has 4 atom stereocenters. The topological polar surface area (TPSA) is 98.8 Å². The van der Waals surface area contributed by atoms with Crippen molar-refractivity contribution in [3.63, 3.8) is 0 Å². The van der Waals surface area contributed by atoms with Crippen molar-refractivity contribution in [2.45, 2.75) is 22.6 Å². The van der Waals surface area contributed by atoms with Gasteiger partial charge in [-0.15, -0.1) is 0 Å². The summed E-state index contributed by atoms with van der Waals surface area (Å²) in [5, 5.41) is 0.448. The highest BCUT2D eigenvalue weighted by Crippen LogP contribution is 2.43. The lowest BCUT2D eigenvalue weighted by atomic mass is 9.99. The molecular weight excluding hydrogens is 382 g/mol. The first-order valence-electron chi connectivity index (χ1n) is 8.66. The summed E-state index contributed by atoms with van der Waals surface area (Å²) in [5.74, 6) is -1.53. The fourth-order valence-electron chi connectivity index (χ4n) is 3.59. The van der Waals surface area contributed by atoms with E-state index in [1.807, 2.05) is 0 Å². The van der Waals surface area contributed by atoms with Gasteiger partial charge in [-0.25, -0.2) is 8.42 Å². The highest BCUT2D eigenvalue weighted by atomic mass is 32.2. The second-order valence-corrected chi connectivity index (χ2v) is 8.61. The van der Waals surface area contributed by atoms with Gasteiger partial charge < -0.3 is 9.47 Å². The summed E-state index contributed by atoms with van der Waals surface area (Å²) >= 11 is 0. The fourth-order valence-corrected chi connectivity index (χ4v) is 6.12. The average molecular weight is 403 g/mol. The van der Waals surface area contributed by atoms with Crippen LogP contribution in [0.5, 0.6) is 0 Å². The first kappa shape index (κ1) is 20.0. The Morgan fingerprint density at radius 1 is 0.750 bits per heavy atom. The largest absolute Gasteiger partial charge is 0.468 e. The Hall–Kier alpha value is -2.71. The van der Waals surface area contributed by atoms with Gasteiger partial charge in [0.25, 0.3) is 0 Å². The number of ether oxygens (including phenoxy) is 2. The lowest BCUT2D eigenvalue weighted by Crippen LogP contribution is -2.60. The number of carbonyl (C=O) groups is 2. The Bertz CT molecular complexity index is 874. The Labute approximate surface area is 163 Å². The van der Waals surface area contributed by atoms with E-state index in [1.54, 1.807) is 60.7 Å². The molecule has 3 rings (SSSR count). The molecule has 0 radical (unpaired) electrons. The Morgan fingerprint density at radius 3 is 1.43 bits per heavy atom. The molecule has 7 nitrogen and oxygen atoms in total. The van der Waals surface area contributed by atoms with Gasteiger partial charge in [0.1, 0.15) is 22.6 Å². The van der Waals surface area contributed by atoms with Crippen LogP contribution in [0.1, 0.15) is 21.6 Å². The van der Waals surface area contributed by atoms with Gasteiger partial charge in [-0.05, 0) is 11.1 Å². The number of sulfone groups is 1. The van der Waals surface area contributed by atoms with E-state index in [2.05, 4.69) is 5.32 Å². The Balaban J connectivity index is 2.21. The Kier molecular flexibility index (Phi) is 5.81. The molecule has 1 saturated heterocycles. The molecule has 1 aliphatic rings. The molecule has 1 heterocycles. The molecule has 0 amide bonds. The van der Waals surface area contributed by atoms with E-state index in [4.69, 9.17) is 9.47 Å². The third-order valence-corrected chi connectivity index (χ3v) is 7.34. The number of rotatable bonds is 4. The van der Waals surface area contributed by atoms with Crippen molar-refractivity contribution in [1.29, 1.82) is 0 Å².